The van der Waals surface area contributed by atoms with E-state index in [0.717, 1.165) is 54.6 Å². The Hall–Kier alpha value is -1.82. The molecule has 7 heteroatoms. The summed E-state index contributed by atoms with van der Waals surface area (Å²) in [6.07, 6.45) is 7.99. The molecule has 3 N–H and O–H groups in total. The number of hydrogen-bond donors (Lipinski definition) is 3. The minimum absolute atomic E-state index is 0.446. The van der Waals surface area contributed by atoms with E-state index in [1.807, 2.05) is 24.4 Å². The van der Waals surface area contributed by atoms with Gasteiger partial charge >= 0.3 is 0 Å². The van der Waals surface area contributed by atoms with E-state index in [-0.39, 0.29) is 0 Å². The van der Waals surface area contributed by atoms with Gasteiger partial charge in [-0.1, -0.05) is 23.2 Å². The summed E-state index contributed by atoms with van der Waals surface area (Å²) in [5, 5.41) is 9.63. The smallest absolute Gasteiger partial charge is 0.142 e. The summed E-state index contributed by atoms with van der Waals surface area (Å²) in [5.74, 6) is 0.918. The number of hydrogen-bond acceptors (Lipinski definition) is 4. The van der Waals surface area contributed by atoms with Crippen LogP contribution in [0.15, 0.2) is 36.8 Å². The maximum absolute atomic E-state index is 6.07. The number of aromatic nitrogens is 3. The third-order valence-corrected chi connectivity index (χ3v) is 5.38. The molecule has 0 radical (unpaired) electrons. The highest BCUT2D eigenvalue weighted by molar-refractivity contribution is 6.34. The van der Waals surface area contributed by atoms with Crippen molar-refractivity contribution in [1.29, 1.82) is 0 Å². The molecule has 136 valence electrons. The van der Waals surface area contributed by atoms with E-state index in [0.29, 0.717) is 22.1 Å². The molecule has 1 aliphatic carbocycles. The zero-order chi connectivity index (χ0) is 17.9. The number of halogens is 2. The van der Waals surface area contributed by atoms with Crippen molar-refractivity contribution in [3.8, 4) is 0 Å². The number of rotatable bonds is 5. The van der Waals surface area contributed by atoms with Gasteiger partial charge in [0.2, 0.25) is 0 Å². The first-order chi connectivity index (χ1) is 12.7. The van der Waals surface area contributed by atoms with Crippen molar-refractivity contribution >= 4 is 40.1 Å². The van der Waals surface area contributed by atoms with Crippen molar-refractivity contribution in [2.45, 2.75) is 44.3 Å². The molecule has 26 heavy (non-hydrogen) atoms. The van der Waals surface area contributed by atoms with Crippen LogP contribution in [0.3, 0.4) is 0 Å². The predicted octanol–water partition coefficient (Wildman–Crippen LogP) is 4.78. The average molecular weight is 390 g/mol. The lowest BCUT2D eigenvalue weighted by Crippen LogP contribution is -2.36. The molecule has 0 bridgehead atoms. The Morgan fingerprint density at radius 1 is 1.00 bits per heavy atom. The lowest BCUT2D eigenvalue weighted by Gasteiger charge is -2.30. The van der Waals surface area contributed by atoms with Gasteiger partial charge in [0.25, 0.3) is 0 Å². The lowest BCUT2D eigenvalue weighted by molar-refractivity contribution is 0.352. The molecule has 3 aromatic rings. The first-order valence-corrected chi connectivity index (χ1v) is 9.66. The van der Waals surface area contributed by atoms with Crippen molar-refractivity contribution in [3.05, 3.63) is 52.4 Å². The second-order valence-corrected chi connectivity index (χ2v) is 7.69. The van der Waals surface area contributed by atoms with E-state index in [4.69, 9.17) is 23.2 Å². The number of benzene rings is 1. The van der Waals surface area contributed by atoms with Gasteiger partial charge in [0.15, 0.2) is 0 Å². The molecule has 0 atom stereocenters. The van der Waals surface area contributed by atoms with Crippen LogP contribution in [0.5, 0.6) is 0 Å². The topological polar surface area (TPSA) is 65.6 Å². The standard InChI is InChI=1S/C19H21Cl2N5/c20-13-7-12(8-14(21)9-13)10-23-15-1-3-16(4-2-15)26-19-17-5-6-22-18(17)24-11-25-19/h5-9,11,15-16,23H,1-4,10H2,(H2,22,24,25,26). The zero-order valence-electron chi connectivity index (χ0n) is 14.3. The molecule has 5 nitrogen and oxygen atoms in total. The maximum Gasteiger partial charge on any atom is 0.142 e. The molecule has 0 unspecified atom stereocenters. The molecule has 0 amide bonds. The van der Waals surface area contributed by atoms with E-state index in [1.54, 1.807) is 12.4 Å². The van der Waals surface area contributed by atoms with E-state index < -0.39 is 0 Å². The molecule has 4 rings (SSSR count). The molecular formula is C19H21Cl2N5. The van der Waals surface area contributed by atoms with Gasteiger partial charge in [-0.05, 0) is 55.5 Å². The van der Waals surface area contributed by atoms with Crippen LogP contribution in [0.4, 0.5) is 5.82 Å². The quantitative estimate of drug-likeness (QED) is 0.587. The Kier molecular flexibility index (Phi) is 5.29. The summed E-state index contributed by atoms with van der Waals surface area (Å²) in [4.78, 5) is 11.8. The fraction of sp³-hybridized carbons (Fsp3) is 0.368. The van der Waals surface area contributed by atoms with Gasteiger partial charge in [0, 0.05) is 34.9 Å². The number of fused-ring (bicyclic) bond motifs is 1. The molecule has 1 fully saturated rings. The average Bonchev–Trinajstić information content (AvgIpc) is 3.10. The summed E-state index contributed by atoms with van der Waals surface area (Å²) in [6, 6.07) is 8.67. The van der Waals surface area contributed by atoms with Crippen molar-refractivity contribution in [1.82, 2.24) is 20.3 Å². The van der Waals surface area contributed by atoms with Gasteiger partial charge < -0.3 is 15.6 Å². The van der Waals surface area contributed by atoms with E-state index in [9.17, 15) is 0 Å². The first-order valence-electron chi connectivity index (χ1n) is 8.90. The largest absolute Gasteiger partial charge is 0.367 e. The number of anilines is 1. The van der Waals surface area contributed by atoms with Gasteiger partial charge in [0.05, 0.1) is 5.39 Å². The van der Waals surface area contributed by atoms with Gasteiger partial charge in [-0.2, -0.15) is 0 Å². The second kappa shape index (κ2) is 7.82. The molecule has 2 heterocycles. The normalized spacial score (nSPS) is 20.4. The van der Waals surface area contributed by atoms with Gasteiger partial charge in [0.1, 0.15) is 17.8 Å². The van der Waals surface area contributed by atoms with Crippen LogP contribution in [0.2, 0.25) is 10.0 Å². The monoisotopic (exact) mass is 389 g/mol. The molecule has 2 aromatic heterocycles. The van der Waals surface area contributed by atoms with E-state index in [1.165, 1.54) is 0 Å². The van der Waals surface area contributed by atoms with E-state index >= 15 is 0 Å². The lowest BCUT2D eigenvalue weighted by atomic mass is 9.91. The molecular weight excluding hydrogens is 369 g/mol. The fourth-order valence-corrected chi connectivity index (χ4v) is 4.17. The van der Waals surface area contributed by atoms with Crippen molar-refractivity contribution in [3.63, 3.8) is 0 Å². The third kappa shape index (κ3) is 4.11. The van der Waals surface area contributed by atoms with Crippen LogP contribution >= 0.6 is 23.2 Å². The molecule has 1 aliphatic rings. The highest BCUT2D eigenvalue weighted by atomic mass is 35.5. The van der Waals surface area contributed by atoms with Crippen molar-refractivity contribution in [2.24, 2.45) is 0 Å². The number of H-pyrrole nitrogens is 1. The summed E-state index contributed by atoms with van der Waals surface area (Å²) >= 11 is 12.1. The fourth-order valence-electron chi connectivity index (χ4n) is 3.60. The number of nitrogens with one attached hydrogen (secondary N) is 3. The maximum atomic E-state index is 6.07. The van der Waals surface area contributed by atoms with Crippen molar-refractivity contribution < 1.29 is 0 Å². The number of nitrogens with zero attached hydrogens (tertiary/aromatic N) is 2. The van der Waals surface area contributed by atoms with Crippen LogP contribution in [-0.2, 0) is 6.54 Å². The van der Waals surface area contributed by atoms with Crippen LogP contribution in [-0.4, -0.2) is 27.0 Å². The molecule has 0 aliphatic heterocycles. The second-order valence-electron chi connectivity index (χ2n) is 6.81. The summed E-state index contributed by atoms with van der Waals surface area (Å²) < 4.78 is 0. The Balaban J connectivity index is 1.29. The zero-order valence-corrected chi connectivity index (χ0v) is 15.8. The van der Waals surface area contributed by atoms with Crippen molar-refractivity contribution in [2.75, 3.05) is 5.32 Å². The highest BCUT2D eigenvalue weighted by Crippen LogP contribution is 2.25. The Morgan fingerprint density at radius 3 is 2.50 bits per heavy atom. The van der Waals surface area contributed by atoms with Crippen LogP contribution in [0, 0.1) is 0 Å². The van der Waals surface area contributed by atoms with Gasteiger partial charge in [-0.15, -0.1) is 0 Å². The SMILES string of the molecule is Clc1cc(Cl)cc(CNC2CCC(Nc3ncnc4[nH]ccc34)CC2)c1. The summed E-state index contributed by atoms with van der Waals surface area (Å²) in [6.45, 7) is 0.791. The first kappa shape index (κ1) is 17.6. The molecule has 1 saturated carbocycles. The van der Waals surface area contributed by atoms with Crippen LogP contribution in [0.1, 0.15) is 31.2 Å². The number of aromatic amines is 1. The third-order valence-electron chi connectivity index (χ3n) is 4.94. The van der Waals surface area contributed by atoms with Crippen LogP contribution in [0.25, 0.3) is 11.0 Å². The Bertz CT molecular complexity index is 866. The van der Waals surface area contributed by atoms with Gasteiger partial charge in [-0.3, -0.25) is 0 Å². The Labute approximate surface area is 162 Å². The molecule has 0 spiro atoms. The van der Waals surface area contributed by atoms with E-state index in [2.05, 4.69) is 25.6 Å². The summed E-state index contributed by atoms with van der Waals surface area (Å²) in [7, 11) is 0. The highest BCUT2D eigenvalue weighted by Gasteiger charge is 2.21. The molecule has 1 aromatic carbocycles. The van der Waals surface area contributed by atoms with Crippen LogP contribution < -0.4 is 10.6 Å². The minimum atomic E-state index is 0.446. The minimum Gasteiger partial charge on any atom is -0.367 e. The molecule has 0 saturated heterocycles. The van der Waals surface area contributed by atoms with Gasteiger partial charge in [-0.25, -0.2) is 9.97 Å². The predicted molar refractivity (Wildman–Crippen MR) is 107 cm³/mol. The Morgan fingerprint density at radius 2 is 1.73 bits per heavy atom. The summed E-state index contributed by atoms with van der Waals surface area (Å²) in [5.41, 5.74) is 2.00.